The molecule has 0 aromatic heterocycles. The SMILES string of the molecule is CCOC(=O)N1C[C@@H]2c3ccccc3Oc3ccc(I)cc3[C@H]2C1. The molecule has 0 aliphatic carbocycles. The number of fused-ring (bicyclic) bond motifs is 5. The summed E-state index contributed by atoms with van der Waals surface area (Å²) in [5.41, 5.74) is 2.34. The average molecular weight is 435 g/mol. The number of likely N-dealkylation sites (tertiary alicyclic amines) is 1. The Morgan fingerprint density at radius 3 is 2.67 bits per heavy atom. The first-order valence-corrected chi connectivity index (χ1v) is 9.23. The van der Waals surface area contributed by atoms with Gasteiger partial charge in [0, 0.05) is 39.6 Å². The second-order valence-corrected chi connectivity index (χ2v) is 7.38. The molecule has 0 spiro atoms. The molecule has 1 saturated heterocycles. The summed E-state index contributed by atoms with van der Waals surface area (Å²) in [5, 5.41) is 0. The van der Waals surface area contributed by atoms with Gasteiger partial charge < -0.3 is 14.4 Å². The predicted molar refractivity (Wildman–Crippen MR) is 99.8 cm³/mol. The first kappa shape index (κ1) is 15.7. The van der Waals surface area contributed by atoms with Crippen molar-refractivity contribution in [2.75, 3.05) is 19.7 Å². The smallest absolute Gasteiger partial charge is 0.409 e. The fraction of sp³-hybridized carbons (Fsp3) is 0.316. The largest absolute Gasteiger partial charge is 0.457 e. The molecular formula is C19H18INO3. The minimum absolute atomic E-state index is 0.225. The van der Waals surface area contributed by atoms with E-state index in [2.05, 4.69) is 40.8 Å². The number of benzene rings is 2. The van der Waals surface area contributed by atoms with Crippen LogP contribution in [0.3, 0.4) is 0 Å². The molecule has 0 bridgehead atoms. The molecule has 2 aromatic rings. The van der Waals surface area contributed by atoms with Crippen LogP contribution < -0.4 is 4.74 Å². The van der Waals surface area contributed by atoms with Gasteiger partial charge in [-0.05, 0) is 53.8 Å². The molecule has 0 radical (unpaired) electrons. The van der Waals surface area contributed by atoms with Crippen LogP contribution in [0.1, 0.15) is 29.9 Å². The number of amides is 1. The van der Waals surface area contributed by atoms with Crippen molar-refractivity contribution in [2.24, 2.45) is 0 Å². The third kappa shape index (κ3) is 2.64. The second-order valence-electron chi connectivity index (χ2n) is 6.14. The lowest BCUT2D eigenvalue weighted by Gasteiger charge is -2.17. The molecule has 2 aromatic carbocycles. The molecule has 2 heterocycles. The van der Waals surface area contributed by atoms with Crippen molar-refractivity contribution in [1.29, 1.82) is 0 Å². The van der Waals surface area contributed by atoms with E-state index in [4.69, 9.17) is 9.47 Å². The van der Waals surface area contributed by atoms with E-state index in [0.717, 1.165) is 11.5 Å². The molecule has 0 unspecified atom stereocenters. The number of carbonyl (C=O) groups is 1. The Bertz CT molecular complexity index is 792. The highest BCUT2D eigenvalue weighted by atomic mass is 127. The summed E-state index contributed by atoms with van der Waals surface area (Å²) >= 11 is 2.32. The van der Waals surface area contributed by atoms with Gasteiger partial charge in [-0.15, -0.1) is 0 Å². The van der Waals surface area contributed by atoms with E-state index in [-0.39, 0.29) is 17.9 Å². The monoisotopic (exact) mass is 435 g/mol. The Balaban J connectivity index is 1.80. The molecule has 24 heavy (non-hydrogen) atoms. The van der Waals surface area contributed by atoms with Crippen LogP contribution in [0.25, 0.3) is 0 Å². The number of ether oxygens (including phenoxy) is 2. The van der Waals surface area contributed by atoms with Crippen LogP contribution in [0.2, 0.25) is 0 Å². The summed E-state index contributed by atoms with van der Waals surface area (Å²) < 4.78 is 12.6. The van der Waals surface area contributed by atoms with Gasteiger partial charge in [-0.1, -0.05) is 18.2 Å². The van der Waals surface area contributed by atoms with Crippen LogP contribution in [0.5, 0.6) is 11.5 Å². The van der Waals surface area contributed by atoms with Gasteiger partial charge in [0.2, 0.25) is 0 Å². The van der Waals surface area contributed by atoms with E-state index in [1.165, 1.54) is 14.7 Å². The van der Waals surface area contributed by atoms with Crippen molar-refractivity contribution < 1.29 is 14.3 Å². The third-order valence-corrected chi connectivity index (χ3v) is 5.43. The Morgan fingerprint density at radius 1 is 1.17 bits per heavy atom. The molecule has 4 nitrogen and oxygen atoms in total. The number of halogens is 1. The summed E-state index contributed by atoms with van der Waals surface area (Å²) in [6.07, 6.45) is -0.226. The molecular weight excluding hydrogens is 417 g/mol. The van der Waals surface area contributed by atoms with Crippen molar-refractivity contribution in [3.8, 4) is 11.5 Å². The zero-order valence-electron chi connectivity index (χ0n) is 13.4. The quantitative estimate of drug-likeness (QED) is 0.608. The Morgan fingerprint density at radius 2 is 1.88 bits per heavy atom. The lowest BCUT2D eigenvalue weighted by molar-refractivity contribution is 0.115. The maximum absolute atomic E-state index is 12.2. The molecule has 0 N–H and O–H groups in total. The zero-order chi connectivity index (χ0) is 16.7. The first-order valence-electron chi connectivity index (χ1n) is 8.15. The second kappa shape index (κ2) is 6.27. The number of para-hydroxylation sites is 1. The van der Waals surface area contributed by atoms with Crippen molar-refractivity contribution in [2.45, 2.75) is 18.8 Å². The van der Waals surface area contributed by atoms with E-state index >= 15 is 0 Å². The van der Waals surface area contributed by atoms with Crippen molar-refractivity contribution in [3.05, 3.63) is 57.2 Å². The minimum Gasteiger partial charge on any atom is -0.457 e. The van der Waals surface area contributed by atoms with Crippen molar-refractivity contribution >= 4 is 28.7 Å². The highest BCUT2D eigenvalue weighted by Gasteiger charge is 2.41. The van der Waals surface area contributed by atoms with Gasteiger partial charge in [0.15, 0.2) is 0 Å². The Labute approximate surface area is 154 Å². The molecule has 4 rings (SSSR count). The number of hydrogen-bond acceptors (Lipinski definition) is 3. The molecule has 2 aliphatic rings. The molecule has 2 aliphatic heterocycles. The Hall–Kier alpha value is -1.76. The van der Waals surface area contributed by atoms with Crippen LogP contribution in [0, 0.1) is 3.57 Å². The van der Waals surface area contributed by atoms with E-state index in [1.807, 2.05) is 36.1 Å². The van der Waals surface area contributed by atoms with Crippen LogP contribution in [-0.2, 0) is 4.74 Å². The molecule has 0 saturated carbocycles. The van der Waals surface area contributed by atoms with Gasteiger partial charge in [0.1, 0.15) is 11.5 Å². The predicted octanol–water partition coefficient (Wildman–Crippen LogP) is 4.74. The first-order chi connectivity index (χ1) is 11.7. The number of rotatable bonds is 1. The molecule has 1 amide bonds. The third-order valence-electron chi connectivity index (χ3n) is 4.76. The van der Waals surface area contributed by atoms with Crippen molar-refractivity contribution in [1.82, 2.24) is 4.90 Å². The van der Waals surface area contributed by atoms with Gasteiger partial charge in [0.05, 0.1) is 6.61 Å². The van der Waals surface area contributed by atoms with Gasteiger partial charge in [-0.25, -0.2) is 4.79 Å². The zero-order valence-corrected chi connectivity index (χ0v) is 15.5. The number of hydrogen-bond donors (Lipinski definition) is 0. The average Bonchev–Trinajstić information content (AvgIpc) is 2.97. The minimum atomic E-state index is -0.226. The van der Waals surface area contributed by atoms with Crippen molar-refractivity contribution in [3.63, 3.8) is 0 Å². The van der Waals surface area contributed by atoms with E-state index in [1.54, 1.807) is 0 Å². The summed E-state index contributed by atoms with van der Waals surface area (Å²) in [7, 11) is 0. The van der Waals surface area contributed by atoms with E-state index < -0.39 is 0 Å². The fourth-order valence-corrected chi connectivity index (χ4v) is 4.21. The van der Waals surface area contributed by atoms with Gasteiger partial charge >= 0.3 is 6.09 Å². The molecule has 2 atom stereocenters. The standard InChI is InChI=1S/C19H18INO3/c1-2-23-19(22)21-10-15-13-5-3-4-6-17(13)24-18-8-7-12(20)9-14(18)16(15)11-21/h3-9,15-16H,2,10-11H2,1H3/t15-,16-/m1/s1. The van der Waals surface area contributed by atoms with Gasteiger partial charge in [-0.3, -0.25) is 0 Å². The van der Waals surface area contributed by atoms with E-state index in [9.17, 15) is 4.79 Å². The van der Waals surface area contributed by atoms with Crippen LogP contribution >= 0.6 is 22.6 Å². The molecule has 5 heteroatoms. The summed E-state index contributed by atoms with van der Waals surface area (Å²) in [5.74, 6) is 2.23. The fourth-order valence-electron chi connectivity index (χ4n) is 3.70. The van der Waals surface area contributed by atoms with Gasteiger partial charge in [0.25, 0.3) is 0 Å². The summed E-state index contributed by atoms with van der Waals surface area (Å²) in [6.45, 7) is 3.56. The molecule has 124 valence electrons. The highest BCUT2D eigenvalue weighted by Crippen LogP contribution is 2.49. The highest BCUT2D eigenvalue weighted by molar-refractivity contribution is 14.1. The Kier molecular flexibility index (Phi) is 4.12. The number of nitrogens with zero attached hydrogens (tertiary/aromatic N) is 1. The van der Waals surface area contributed by atoms with Crippen LogP contribution in [-0.4, -0.2) is 30.7 Å². The van der Waals surface area contributed by atoms with Crippen LogP contribution in [0.15, 0.2) is 42.5 Å². The van der Waals surface area contributed by atoms with Crippen LogP contribution in [0.4, 0.5) is 4.79 Å². The maximum Gasteiger partial charge on any atom is 0.409 e. The summed E-state index contributed by atoms with van der Waals surface area (Å²) in [6, 6.07) is 14.4. The lowest BCUT2D eigenvalue weighted by Crippen LogP contribution is -2.29. The van der Waals surface area contributed by atoms with E-state index in [0.29, 0.717) is 19.7 Å². The topological polar surface area (TPSA) is 38.8 Å². The number of carbonyl (C=O) groups excluding carboxylic acids is 1. The maximum atomic E-state index is 12.2. The summed E-state index contributed by atoms with van der Waals surface area (Å²) in [4.78, 5) is 14.1. The molecule has 1 fully saturated rings. The van der Waals surface area contributed by atoms with Gasteiger partial charge in [-0.2, -0.15) is 0 Å². The normalized spacial score (nSPS) is 21.2. The lowest BCUT2D eigenvalue weighted by atomic mass is 9.84.